The Balaban J connectivity index is 1.97. The van der Waals surface area contributed by atoms with Crippen LogP contribution in [0.3, 0.4) is 0 Å². The van der Waals surface area contributed by atoms with E-state index in [1.54, 1.807) is 0 Å². The SMILES string of the molecule is O=C(Cn1c(=O)cc[nH]c1=O)NC1CCCCCC1. The van der Waals surface area contributed by atoms with Gasteiger partial charge in [-0.05, 0) is 12.8 Å². The van der Waals surface area contributed by atoms with Crippen LogP contribution in [0.25, 0.3) is 0 Å². The lowest BCUT2D eigenvalue weighted by atomic mass is 10.1. The first-order valence-electron chi connectivity index (χ1n) is 6.75. The average Bonchev–Trinajstić information content (AvgIpc) is 2.63. The number of rotatable bonds is 3. The molecular weight excluding hydrogens is 246 g/mol. The fraction of sp³-hybridized carbons (Fsp3) is 0.615. The molecule has 104 valence electrons. The summed E-state index contributed by atoms with van der Waals surface area (Å²) in [7, 11) is 0. The summed E-state index contributed by atoms with van der Waals surface area (Å²) in [6.07, 6.45) is 7.91. The molecule has 0 aromatic carbocycles. The maximum atomic E-state index is 11.9. The monoisotopic (exact) mass is 265 g/mol. The standard InChI is InChI=1S/C13H19N3O3/c17-11(15-10-5-3-1-2-4-6-10)9-16-12(18)7-8-14-13(16)19/h7-8,10H,1-6,9H2,(H,14,19)(H,15,17). The Bertz CT molecular complexity index is 510. The highest BCUT2D eigenvalue weighted by Gasteiger charge is 2.15. The molecule has 2 rings (SSSR count). The van der Waals surface area contributed by atoms with E-state index in [2.05, 4.69) is 10.3 Å². The van der Waals surface area contributed by atoms with Crippen LogP contribution in [0.4, 0.5) is 0 Å². The number of carbonyl (C=O) groups excluding carboxylic acids is 1. The molecule has 1 amide bonds. The molecule has 19 heavy (non-hydrogen) atoms. The topological polar surface area (TPSA) is 84.0 Å². The van der Waals surface area contributed by atoms with Crippen molar-refractivity contribution >= 4 is 5.91 Å². The molecule has 0 bridgehead atoms. The number of nitrogens with zero attached hydrogens (tertiary/aromatic N) is 1. The van der Waals surface area contributed by atoms with Crippen molar-refractivity contribution < 1.29 is 4.79 Å². The van der Waals surface area contributed by atoms with Gasteiger partial charge in [-0.15, -0.1) is 0 Å². The number of carbonyl (C=O) groups is 1. The van der Waals surface area contributed by atoms with E-state index in [1.807, 2.05) is 0 Å². The minimum absolute atomic E-state index is 0.175. The number of hydrogen-bond donors (Lipinski definition) is 2. The minimum atomic E-state index is -0.552. The Hall–Kier alpha value is -1.85. The molecule has 2 N–H and O–H groups in total. The van der Waals surface area contributed by atoms with Gasteiger partial charge in [-0.25, -0.2) is 4.79 Å². The molecule has 1 fully saturated rings. The van der Waals surface area contributed by atoms with Gasteiger partial charge in [0.05, 0.1) is 0 Å². The maximum Gasteiger partial charge on any atom is 0.328 e. The molecule has 6 heteroatoms. The van der Waals surface area contributed by atoms with Crippen molar-refractivity contribution in [2.75, 3.05) is 0 Å². The van der Waals surface area contributed by atoms with Crippen LogP contribution in [-0.2, 0) is 11.3 Å². The van der Waals surface area contributed by atoms with E-state index in [0.29, 0.717) is 0 Å². The van der Waals surface area contributed by atoms with Gasteiger partial charge in [0.1, 0.15) is 6.54 Å². The lowest BCUT2D eigenvalue weighted by Crippen LogP contribution is -2.42. The van der Waals surface area contributed by atoms with Crippen LogP contribution in [0, 0.1) is 0 Å². The summed E-state index contributed by atoms with van der Waals surface area (Å²) in [5.74, 6) is -0.273. The number of aromatic nitrogens is 2. The van der Waals surface area contributed by atoms with Crippen LogP contribution in [0.1, 0.15) is 38.5 Å². The fourth-order valence-corrected chi connectivity index (χ4v) is 2.44. The van der Waals surface area contributed by atoms with E-state index in [1.165, 1.54) is 25.1 Å². The van der Waals surface area contributed by atoms with Gasteiger partial charge in [-0.2, -0.15) is 0 Å². The van der Waals surface area contributed by atoms with E-state index in [0.717, 1.165) is 30.3 Å². The lowest BCUT2D eigenvalue weighted by molar-refractivity contribution is -0.122. The fourth-order valence-electron chi connectivity index (χ4n) is 2.44. The molecule has 6 nitrogen and oxygen atoms in total. The Morgan fingerprint density at radius 1 is 1.26 bits per heavy atom. The number of nitrogens with one attached hydrogen (secondary N) is 2. The van der Waals surface area contributed by atoms with E-state index in [9.17, 15) is 14.4 Å². The van der Waals surface area contributed by atoms with Crippen LogP contribution in [0.2, 0.25) is 0 Å². The molecule has 1 aromatic rings. The van der Waals surface area contributed by atoms with Crippen molar-refractivity contribution in [2.45, 2.75) is 51.1 Å². The Morgan fingerprint density at radius 2 is 1.95 bits per heavy atom. The molecule has 1 saturated carbocycles. The number of amides is 1. The largest absolute Gasteiger partial charge is 0.352 e. The van der Waals surface area contributed by atoms with Gasteiger partial charge < -0.3 is 10.3 Å². The molecule has 1 aliphatic carbocycles. The van der Waals surface area contributed by atoms with Crippen molar-refractivity contribution in [1.29, 1.82) is 0 Å². The Morgan fingerprint density at radius 3 is 2.58 bits per heavy atom. The predicted molar refractivity (Wildman–Crippen MR) is 71.0 cm³/mol. The average molecular weight is 265 g/mol. The summed E-state index contributed by atoms with van der Waals surface area (Å²) in [5, 5.41) is 2.91. The highest BCUT2D eigenvalue weighted by atomic mass is 16.2. The van der Waals surface area contributed by atoms with Crippen LogP contribution >= 0.6 is 0 Å². The van der Waals surface area contributed by atoms with Crippen molar-refractivity contribution in [3.05, 3.63) is 33.1 Å². The zero-order valence-corrected chi connectivity index (χ0v) is 10.9. The van der Waals surface area contributed by atoms with E-state index >= 15 is 0 Å². The third-order valence-electron chi connectivity index (χ3n) is 3.47. The second-order valence-corrected chi connectivity index (χ2v) is 4.96. The smallest absolute Gasteiger partial charge is 0.328 e. The summed E-state index contributed by atoms with van der Waals surface area (Å²) in [6, 6.07) is 1.41. The van der Waals surface area contributed by atoms with Gasteiger partial charge in [0.15, 0.2) is 0 Å². The van der Waals surface area contributed by atoms with Crippen molar-refractivity contribution in [3.63, 3.8) is 0 Å². The molecule has 0 atom stereocenters. The molecule has 0 saturated heterocycles. The van der Waals surface area contributed by atoms with E-state index in [-0.39, 0.29) is 18.5 Å². The first kappa shape index (κ1) is 13.6. The van der Waals surface area contributed by atoms with Crippen molar-refractivity contribution in [3.8, 4) is 0 Å². The molecule has 1 aromatic heterocycles. The van der Waals surface area contributed by atoms with Gasteiger partial charge in [0.2, 0.25) is 5.91 Å². The van der Waals surface area contributed by atoms with Crippen LogP contribution < -0.4 is 16.6 Å². The summed E-state index contributed by atoms with van der Waals surface area (Å²) in [6.45, 7) is -0.217. The lowest BCUT2D eigenvalue weighted by Gasteiger charge is -2.16. The first-order chi connectivity index (χ1) is 9.16. The van der Waals surface area contributed by atoms with Gasteiger partial charge in [0, 0.05) is 18.3 Å². The molecule has 0 spiro atoms. The molecule has 0 radical (unpaired) electrons. The van der Waals surface area contributed by atoms with Gasteiger partial charge in [0.25, 0.3) is 5.56 Å². The van der Waals surface area contributed by atoms with Gasteiger partial charge in [-0.3, -0.25) is 14.2 Å². The number of hydrogen-bond acceptors (Lipinski definition) is 3. The summed E-state index contributed by atoms with van der Waals surface area (Å²) in [4.78, 5) is 37.2. The summed E-state index contributed by atoms with van der Waals surface area (Å²) < 4.78 is 0.909. The van der Waals surface area contributed by atoms with E-state index in [4.69, 9.17) is 0 Å². The Labute approximate surface area is 110 Å². The second kappa shape index (κ2) is 6.36. The molecule has 1 aliphatic rings. The molecule has 0 aliphatic heterocycles. The summed E-state index contributed by atoms with van der Waals surface area (Å²) in [5.41, 5.74) is -1.01. The normalized spacial score (nSPS) is 16.8. The quantitative estimate of drug-likeness (QED) is 0.775. The zero-order valence-electron chi connectivity index (χ0n) is 10.9. The number of H-pyrrole nitrogens is 1. The molecular formula is C13H19N3O3. The minimum Gasteiger partial charge on any atom is -0.352 e. The highest BCUT2D eigenvalue weighted by Crippen LogP contribution is 2.16. The molecule has 0 unspecified atom stereocenters. The third-order valence-corrected chi connectivity index (χ3v) is 3.47. The predicted octanol–water partition coefficient (Wildman–Crippen LogP) is 0.376. The van der Waals surface area contributed by atoms with Crippen LogP contribution in [-0.4, -0.2) is 21.5 Å². The third kappa shape index (κ3) is 3.81. The summed E-state index contributed by atoms with van der Waals surface area (Å²) >= 11 is 0. The highest BCUT2D eigenvalue weighted by molar-refractivity contribution is 5.76. The number of aromatic amines is 1. The van der Waals surface area contributed by atoms with Gasteiger partial charge >= 0.3 is 5.69 Å². The van der Waals surface area contributed by atoms with Crippen LogP contribution in [0.15, 0.2) is 21.9 Å². The van der Waals surface area contributed by atoms with Crippen molar-refractivity contribution in [2.24, 2.45) is 0 Å². The van der Waals surface area contributed by atoms with Crippen molar-refractivity contribution in [1.82, 2.24) is 14.9 Å². The van der Waals surface area contributed by atoms with Gasteiger partial charge in [-0.1, -0.05) is 25.7 Å². The molecule has 1 heterocycles. The first-order valence-corrected chi connectivity index (χ1v) is 6.75. The second-order valence-electron chi connectivity index (χ2n) is 4.96. The zero-order chi connectivity index (χ0) is 13.7. The van der Waals surface area contributed by atoms with E-state index < -0.39 is 11.2 Å². The Kier molecular flexibility index (Phi) is 4.54. The maximum absolute atomic E-state index is 11.9. The van der Waals surface area contributed by atoms with Crippen LogP contribution in [0.5, 0.6) is 0 Å².